The summed E-state index contributed by atoms with van der Waals surface area (Å²) in [4.78, 5) is 37.4. The summed E-state index contributed by atoms with van der Waals surface area (Å²) in [6.07, 6.45) is 5.65. The second-order valence-electron chi connectivity index (χ2n) is 10.6. The number of halogens is 1. The van der Waals surface area contributed by atoms with E-state index in [0.717, 1.165) is 54.6 Å². The van der Waals surface area contributed by atoms with E-state index in [1.54, 1.807) is 6.07 Å². The molecule has 9 nitrogen and oxygen atoms in total. The van der Waals surface area contributed by atoms with E-state index < -0.39 is 5.91 Å². The summed E-state index contributed by atoms with van der Waals surface area (Å²) < 4.78 is 0. The van der Waals surface area contributed by atoms with E-state index in [1.807, 2.05) is 12.3 Å². The SMILES string of the molecule is CC(C)c1cc(-c2cc(N3CCN(c4ncc(C(N)=O)cc4Cl)CC3C)nc(N3CCCC3C)n2)ccn1. The summed E-state index contributed by atoms with van der Waals surface area (Å²) in [6.45, 7) is 11.9. The average molecular weight is 535 g/mol. The molecule has 3 aromatic heterocycles. The van der Waals surface area contributed by atoms with Crippen LogP contribution in [0.4, 0.5) is 17.6 Å². The number of rotatable bonds is 6. The van der Waals surface area contributed by atoms with Gasteiger partial charge in [0.2, 0.25) is 11.9 Å². The molecular formula is C28H35ClN8O. The first-order valence-electron chi connectivity index (χ1n) is 13.3. The van der Waals surface area contributed by atoms with Crippen molar-refractivity contribution in [2.75, 3.05) is 40.9 Å². The van der Waals surface area contributed by atoms with Crippen LogP contribution in [0.2, 0.25) is 5.02 Å². The average Bonchev–Trinajstić information content (AvgIpc) is 3.34. The number of piperazine rings is 1. The van der Waals surface area contributed by atoms with Crippen LogP contribution in [-0.2, 0) is 0 Å². The summed E-state index contributed by atoms with van der Waals surface area (Å²) in [6, 6.07) is 8.41. The van der Waals surface area contributed by atoms with E-state index in [9.17, 15) is 4.79 Å². The van der Waals surface area contributed by atoms with E-state index in [2.05, 4.69) is 64.5 Å². The molecule has 5 rings (SSSR count). The topological polar surface area (TPSA) is 104 Å². The monoisotopic (exact) mass is 534 g/mol. The number of nitrogens with two attached hydrogens (primary N) is 1. The number of carbonyl (C=O) groups is 1. The zero-order chi connectivity index (χ0) is 27.0. The van der Waals surface area contributed by atoms with Crippen LogP contribution in [0.1, 0.15) is 62.5 Å². The molecule has 10 heteroatoms. The molecule has 2 aliphatic rings. The van der Waals surface area contributed by atoms with Gasteiger partial charge in [0.25, 0.3) is 0 Å². The normalized spacial score (nSPS) is 19.9. The van der Waals surface area contributed by atoms with Crippen molar-refractivity contribution in [2.24, 2.45) is 5.73 Å². The lowest BCUT2D eigenvalue weighted by Crippen LogP contribution is -2.53. The number of carbonyl (C=O) groups excluding carboxylic acids is 1. The zero-order valence-corrected chi connectivity index (χ0v) is 23.2. The van der Waals surface area contributed by atoms with Crippen molar-refractivity contribution >= 4 is 35.1 Å². The van der Waals surface area contributed by atoms with Crippen molar-refractivity contribution in [1.29, 1.82) is 0 Å². The van der Waals surface area contributed by atoms with Gasteiger partial charge < -0.3 is 20.4 Å². The molecule has 5 heterocycles. The van der Waals surface area contributed by atoms with Gasteiger partial charge in [-0.15, -0.1) is 0 Å². The number of amides is 1. The molecule has 0 aromatic carbocycles. The summed E-state index contributed by atoms with van der Waals surface area (Å²) >= 11 is 6.48. The molecule has 0 spiro atoms. The molecule has 0 bridgehead atoms. The molecule has 3 aromatic rings. The predicted octanol–water partition coefficient (Wildman–Crippen LogP) is 4.51. The number of primary amides is 1. The Hall–Kier alpha value is -3.46. The highest BCUT2D eigenvalue weighted by atomic mass is 35.5. The first-order valence-corrected chi connectivity index (χ1v) is 13.7. The van der Waals surface area contributed by atoms with Crippen molar-refractivity contribution in [3.05, 3.63) is 52.9 Å². The highest BCUT2D eigenvalue weighted by molar-refractivity contribution is 6.33. The van der Waals surface area contributed by atoms with Crippen LogP contribution in [0.15, 0.2) is 36.7 Å². The Labute approximate surface area is 229 Å². The number of pyridine rings is 2. The number of hydrogen-bond acceptors (Lipinski definition) is 8. The van der Waals surface area contributed by atoms with Gasteiger partial charge in [0.1, 0.15) is 11.6 Å². The fraction of sp³-hybridized carbons (Fsp3) is 0.464. The lowest BCUT2D eigenvalue weighted by Gasteiger charge is -2.41. The van der Waals surface area contributed by atoms with Gasteiger partial charge in [0.05, 0.1) is 16.3 Å². The van der Waals surface area contributed by atoms with E-state index in [-0.39, 0.29) is 6.04 Å². The molecule has 2 fully saturated rings. The second-order valence-corrected chi connectivity index (χ2v) is 11.0. The number of aromatic nitrogens is 4. The Kier molecular flexibility index (Phi) is 7.38. The third kappa shape index (κ3) is 5.25. The summed E-state index contributed by atoms with van der Waals surface area (Å²) in [5.74, 6) is 2.16. The largest absolute Gasteiger partial charge is 0.366 e. The summed E-state index contributed by atoms with van der Waals surface area (Å²) in [5.41, 5.74) is 8.70. The molecule has 2 unspecified atom stereocenters. The third-order valence-corrected chi connectivity index (χ3v) is 7.78. The minimum atomic E-state index is -0.540. The highest BCUT2D eigenvalue weighted by Gasteiger charge is 2.30. The van der Waals surface area contributed by atoms with Crippen LogP contribution < -0.4 is 20.4 Å². The first kappa shape index (κ1) is 26.2. The van der Waals surface area contributed by atoms with Gasteiger partial charge in [-0.1, -0.05) is 25.4 Å². The van der Waals surface area contributed by atoms with Crippen molar-refractivity contribution in [3.8, 4) is 11.3 Å². The van der Waals surface area contributed by atoms with Crippen LogP contribution in [-0.4, -0.2) is 64.1 Å². The predicted molar refractivity (Wildman–Crippen MR) is 152 cm³/mol. The van der Waals surface area contributed by atoms with Gasteiger partial charge in [-0.2, -0.15) is 4.98 Å². The van der Waals surface area contributed by atoms with Crippen molar-refractivity contribution < 1.29 is 4.79 Å². The maximum atomic E-state index is 11.5. The van der Waals surface area contributed by atoms with Crippen LogP contribution in [0.5, 0.6) is 0 Å². The van der Waals surface area contributed by atoms with Crippen molar-refractivity contribution in [3.63, 3.8) is 0 Å². The first-order chi connectivity index (χ1) is 18.2. The zero-order valence-electron chi connectivity index (χ0n) is 22.4. The Morgan fingerprint density at radius 3 is 2.53 bits per heavy atom. The maximum Gasteiger partial charge on any atom is 0.250 e. The molecule has 0 aliphatic carbocycles. The quantitative estimate of drug-likeness (QED) is 0.492. The van der Waals surface area contributed by atoms with Crippen LogP contribution in [0.3, 0.4) is 0 Å². The molecule has 38 heavy (non-hydrogen) atoms. The summed E-state index contributed by atoms with van der Waals surface area (Å²) in [7, 11) is 0. The second kappa shape index (κ2) is 10.7. The molecule has 2 atom stereocenters. The number of hydrogen-bond donors (Lipinski definition) is 1. The Morgan fingerprint density at radius 1 is 1.05 bits per heavy atom. The van der Waals surface area contributed by atoms with E-state index in [0.29, 0.717) is 41.5 Å². The molecule has 1 amide bonds. The molecule has 2 N–H and O–H groups in total. The Bertz CT molecular complexity index is 1330. The lowest BCUT2D eigenvalue weighted by molar-refractivity contribution is 0.1000. The Balaban J connectivity index is 1.46. The van der Waals surface area contributed by atoms with Gasteiger partial charge >= 0.3 is 0 Å². The van der Waals surface area contributed by atoms with Gasteiger partial charge in [0, 0.05) is 68.0 Å². The lowest BCUT2D eigenvalue weighted by atomic mass is 10.1. The van der Waals surface area contributed by atoms with Crippen LogP contribution in [0, 0.1) is 0 Å². The Morgan fingerprint density at radius 2 is 1.87 bits per heavy atom. The fourth-order valence-corrected chi connectivity index (χ4v) is 5.57. The van der Waals surface area contributed by atoms with E-state index in [1.165, 1.54) is 6.20 Å². The van der Waals surface area contributed by atoms with Crippen molar-refractivity contribution in [2.45, 2.75) is 58.5 Å². The van der Waals surface area contributed by atoms with E-state index >= 15 is 0 Å². The molecular weight excluding hydrogens is 500 g/mol. The molecule has 0 saturated carbocycles. The van der Waals surface area contributed by atoms with E-state index in [4.69, 9.17) is 27.3 Å². The highest BCUT2D eigenvalue weighted by Crippen LogP contribution is 2.32. The molecule has 0 radical (unpaired) electrons. The smallest absolute Gasteiger partial charge is 0.250 e. The third-order valence-electron chi connectivity index (χ3n) is 7.51. The minimum absolute atomic E-state index is 0.146. The van der Waals surface area contributed by atoms with Crippen molar-refractivity contribution in [1.82, 2.24) is 19.9 Å². The summed E-state index contributed by atoms with van der Waals surface area (Å²) in [5, 5.41) is 0.426. The van der Waals surface area contributed by atoms with Gasteiger partial charge in [0.15, 0.2) is 0 Å². The van der Waals surface area contributed by atoms with Crippen LogP contribution >= 0.6 is 11.6 Å². The maximum absolute atomic E-state index is 11.5. The van der Waals surface area contributed by atoms with Gasteiger partial charge in [-0.3, -0.25) is 9.78 Å². The van der Waals surface area contributed by atoms with Crippen LogP contribution in [0.25, 0.3) is 11.3 Å². The molecule has 200 valence electrons. The van der Waals surface area contributed by atoms with Gasteiger partial charge in [-0.05, 0) is 50.8 Å². The fourth-order valence-electron chi connectivity index (χ4n) is 5.29. The molecule has 2 saturated heterocycles. The number of nitrogens with zero attached hydrogens (tertiary/aromatic N) is 7. The van der Waals surface area contributed by atoms with Gasteiger partial charge in [-0.25, -0.2) is 9.97 Å². The molecule has 2 aliphatic heterocycles. The minimum Gasteiger partial charge on any atom is -0.366 e. The number of anilines is 3. The standard InChI is InChI=1S/C28H35ClN8O/c1-17(2)23-13-20(7-8-31-23)24-14-25(34-28(33-24)37-9-5-6-18(37)3)36-11-10-35(16-19(36)4)27-22(29)12-21(15-32-27)26(30)38/h7-8,12-15,17-19H,5-6,9-11,16H2,1-4H3,(H2,30,38).